The smallest absolute Gasteiger partial charge is 0.222 e. The molecule has 1 saturated heterocycles. The van der Waals surface area contributed by atoms with Crippen molar-refractivity contribution in [2.75, 3.05) is 19.8 Å². The zero-order valence-electron chi connectivity index (χ0n) is 9.86. The highest BCUT2D eigenvalue weighted by Crippen LogP contribution is 2.10. The molecular weight excluding hydrogens is 238 g/mol. The Kier molecular flexibility index (Phi) is 4.47. The van der Waals surface area contributed by atoms with Crippen LogP contribution in [-0.2, 0) is 16.1 Å². The summed E-state index contributed by atoms with van der Waals surface area (Å²) in [5.74, 6) is 0.0425. The maximum Gasteiger partial charge on any atom is 0.222 e. The number of aromatic nitrogens is 1. The molecule has 1 unspecified atom stereocenters. The molecule has 1 aromatic rings. The maximum atomic E-state index is 11.7. The molecule has 2 heterocycles. The average molecular weight is 255 g/mol. The van der Waals surface area contributed by atoms with E-state index in [1.165, 1.54) is 0 Å². The Hall–Kier alpha value is -0.980. The van der Waals surface area contributed by atoms with E-state index in [9.17, 15) is 4.79 Å². The first-order valence-electron chi connectivity index (χ1n) is 5.73. The predicted octanol–water partition coefficient (Wildman–Crippen LogP) is 0.446. The van der Waals surface area contributed by atoms with Gasteiger partial charge in [0.1, 0.15) is 5.01 Å². The van der Waals surface area contributed by atoms with Gasteiger partial charge in [-0.25, -0.2) is 4.98 Å². The van der Waals surface area contributed by atoms with Gasteiger partial charge in [-0.1, -0.05) is 0 Å². The second-order valence-corrected chi connectivity index (χ2v) is 5.39. The van der Waals surface area contributed by atoms with Crippen molar-refractivity contribution in [3.8, 4) is 0 Å². The van der Waals surface area contributed by atoms with Crippen molar-refractivity contribution in [2.45, 2.75) is 25.9 Å². The Morgan fingerprint density at radius 1 is 1.76 bits per heavy atom. The van der Waals surface area contributed by atoms with E-state index in [1.807, 2.05) is 13.1 Å². The fourth-order valence-electron chi connectivity index (χ4n) is 1.70. The Morgan fingerprint density at radius 2 is 2.65 bits per heavy atom. The first-order chi connectivity index (χ1) is 8.24. The van der Waals surface area contributed by atoms with Gasteiger partial charge in [0.25, 0.3) is 0 Å². The van der Waals surface area contributed by atoms with E-state index < -0.39 is 0 Å². The van der Waals surface area contributed by atoms with Crippen LogP contribution in [0.15, 0.2) is 6.20 Å². The van der Waals surface area contributed by atoms with Crippen molar-refractivity contribution in [3.05, 3.63) is 16.1 Å². The molecule has 0 saturated carbocycles. The highest BCUT2D eigenvalue weighted by atomic mass is 32.1. The average Bonchev–Trinajstić information content (AvgIpc) is 2.74. The first-order valence-corrected chi connectivity index (χ1v) is 6.55. The summed E-state index contributed by atoms with van der Waals surface area (Å²) >= 11 is 1.61. The molecule has 1 aromatic heterocycles. The van der Waals surface area contributed by atoms with Crippen molar-refractivity contribution in [1.82, 2.24) is 15.6 Å². The van der Waals surface area contributed by atoms with Crippen LogP contribution >= 0.6 is 11.3 Å². The number of nitrogens with one attached hydrogen (secondary N) is 2. The van der Waals surface area contributed by atoms with Crippen LogP contribution in [0, 0.1) is 6.92 Å². The lowest BCUT2D eigenvalue weighted by Gasteiger charge is -2.23. The number of carbonyl (C=O) groups is 1. The zero-order chi connectivity index (χ0) is 12.1. The minimum absolute atomic E-state index is 0.0425. The summed E-state index contributed by atoms with van der Waals surface area (Å²) in [6.07, 6.45) is 2.28. The highest BCUT2D eigenvalue weighted by molar-refractivity contribution is 7.11. The van der Waals surface area contributed by atoms with Gasteiger partial charge >= 0.3 is 0 Å². The monoisotopic (exact) mass is 255 g/mol. The molecule has 2 N–H and O–H groups in total. The summed E-state index contributed by atoms with van der Waals surface area (Å²) in [5, 5.41) is 7.07. The molecule has 2 rings (SSSR count). The van der Waals surface area contributed by atoms with Crippen LogP contribution in [0.5, 0.6) is 0 Å². The van der Waals surface area contributed by atoms with Crippen LogP contribution in [0.2, 0.25) is 0 Å². The summed E-state index contributed by atoms with van der Waals surface area (Å²) in [6.45, 7) is 4.70. The standard InChI is InChI=1S/C11H17N3O2S/c1-8-5-14-11(17-8)6-13-10(15)4-9-7-16-3-2-12-9/h5,9,12H,2-4,6-7H2,1H3,(H,13,15). The Balaban J connectivity index is 1.70. The molecule has 6 heteroatoms. The van der Waals surface area contributed by atoms with Crippen molar-refractivity contribution in [2.24, 2.45) is 0 Å². The van der Waals surface area contributed by atoms with E-state index in [-0.39, 0.29) is 11.9 Å². The van der Waals surface area contributed by atoms with Gasteiger partial charge in [-0.15, -0.1) is 11.3 Å². The van der Waals surface area contributed by atoms with E-state index >= 15 is 0 Å². The van der Waals surface area contributed by atoms with Crippen LogP contribution < -0.4 is 10.6 Å². The molecule has 1 amide bonds. The lowest BCUT2D eigenvalue weighted by molar-refractivity contribution is -0.122. The number of morpholine rings is 1. The van der Waals surface area contributed by atoms with Crippen LogP contribution in [0.25, 0.3) is 0 Å². The molecule has 0 radical (unpaired) electrons. The van der Waals surface area contributed by atoms with Gasteiger partial charge < -0.3 is 15.4 Å². The van der Waals surface area contributed by atoms with E-state index in [0.717, 1.165) is 23.0 Å². The fraction of sp³-hybridized carbons (Fsp3) is 0.636. The molecule has 94 valence electrons. The van der Waals surface area contributed by atoms with Gasteiger partial charge in [0, 0.05) is 30.1 Å². The molecule has 1 aliphatic heterocycles. The van der Waals surface area contributed by atoms with Crippen molar-refractivity contribution < 1.29 is 9.53 Å². The molecule has 1 atom stereocenters. The number of hydrogen-bond donors (Lipinski definition) is 2. The number of hydrogen-bond acceptors (Lipinski definition) is 5. The van der Waals surface area contributed by atoms with Crippen molar-refractivity contribution in [1.29, 1.82) is 0 Å². The second kappa shape index (κ2) is 6.09. The number of rotatable bonds is 4. The molecule has 0 spiro atoms. The minimum Gasteiger partial charge on any atom is -0.378 e. The quantitative estimate of drug-likeness (QED) is 0.820. The molecule has 1 aliphatic rings. The Bertz CT molecular complexity index is 375. The molecular formula is C11H17N3O2S. The normalized spacial score (nSPS) is 20.2. The number of nitrogens with zero attached hydrogens (tertiary/aromatic N) is 1. The summed E-state index contributed by atoms with van der Waals surface area (Å²) < 4.78 is 5.30. The number of thiazole rings is 1. The van der Waals surface area contributed by atoms with Crippen LogP contribution in [0.4, 0.5) is 0 Å². The summed E-state index contributed by atoms with van der Waals surface area (Å²) in [4.78, 5) is 17.0. The van der Waals surface area contributed by atoms with Gasteiger partial charge in [-0.05, 0) is 6.92 Å². The number of aryl methyl sites for hydroxylation is 1. The summed E-state index contributed by atoms with van der Waals surface area (Å²) in [7, 11) is 0. The van der Waals surface area contributed by atoms with Gasteiger partial charge in [0.05, 0.1) is 19.8 Å². The summed E-state index contributed by atoms with van der Waals surface area (Å²) in [6, 6.07) is 0.141. The maximum absolute atomic E-state index is 11.7. The van der Waals surface area contributed by atoms with E-state index in [0.29, 0.717) is 19.6 Å². The lowest BCUT2D eigenvalue weighted by Crippen LogP contribution is -2.44. The van der Waals surface area contributed by atoms with Crippen molar-refractivity contribution in [3.63, 3.8) is 0 Å². The minimum atomic E-state index is 0.0425. The zero-order valence-corrected chi connectivity index (χ0v) is 10.7. The lowest BCUT2D eigenvalue weighted by atomic mass is 10.2. The first kappa shape index (κ1) is 12.5. The number of amides is 1. The summed E-state index contributed by atoms with van der Waals surface area (Å²) in [5.41, 5.74) is 0. The van der Waals surface area contributed by atoms with Crippen LogP contribution in [0.3, 0.4) is 0 Å². The van der Waals surface area contributed by atoms with Gasteiger partial charge in [-0.3, -0.25) is 4.79 Å². The SMILES string of the molecule is Cc1cnc(CNC(=O)CC2COCCN2)s1. The number of ether oxygens (including phenoxy) is 1. The van der Waals surface area contributed by atoms with E-state index in [1.54, 1.807) is 11.3 Å². The third-order valence-electron chi connectivity index (χ3n) is 2.54. The molecule has 0 aromatic carbocycles. The van der Waals surface area contributed by atoms with Gasteiger partial charge in [-0.2, -0.15) is 0 Å². The predicted molar refractivity (Wildman–Crippen MR) is 65.9 cm³/mol. The molecule has 1 fully saturated rings. The number of carbonyl (C=O) groups excluding carboxylic acids is 1. The van der Waals surface area contributed by atoms with Crippen LogP contribution in [-0.4, -0.2) is 36.7 Å². The fourth-order valence-corrected chi connectivity index (χ4v) is 2.43. The van der Waals surface area contributed by atoms with E-state index in [4.69, 9.17) is 4.74 Å². The molecule has 0 bridgehead atoms. The Morgan fingerprint density at radius 3 is 3.29 bits per heavy atom. The van der Waals surface area contributed by atoms with E-state index in [2.05, 4.69) is 15.6 Å². The van der Waals surface area contributed by atoms with Crippen LogP contribution in [0.1, 0.15) is 16.3 Å². The molecule has 0 aliphatic carbocycles. The third kappa shape index (κ3) is 4.07. The third-order valence-corrected chi connectivity index (χ3v) is 3.45. The van der Waals surface area contributed by atoms with Gasteiger partial charge in [0.2, 0.25) is 5.91 Å². The highest BCUT2D eigenvalue weighted by Gasteiger charge is 2.16. The second-order valence-electron chi connectivity index (χ2n) is 4.07. The van der Waals surface area contributed by atoms with Crippen molar-refractivity contribution >= 4 is 17.2 Å². The molecule has 5 nitrogen and oxygen atoms in total. The topological polar surface area (TPSA) is 63.2 Å². The molecule has 17 heavy (non-hydrogen) atoms. The van der Waals surface area contributed by atoms with Gasteiger partial charge in [0.15, 0.2) is 0 Å². The largest absolute Gasteiger partial charge is 0.378 e. The Labute approximate surface area is 105 Å².